The zero-order valence-electron chi connectivity index (χ0n) is 13.1. The predicted molar refractivity (Wildman–Crippen MR) is 96.8 cm³/mol. The number of rotatable bonds is 3. The fourth-order valence-corrected chi connectivity index (χ4v) is 4.52. The average molecular weight is 374 g/mol. The van der Waals surface area contributed by atoms with E-state index in [0.717, 1.165) is 27.4 Å². The largest absolute Gasteiger partial charge is 0.477 e. The van der Waals surface area contributed by atoms with Gasteiger partial charge in [0.1, 0.15) is 17.0 Å². The van der Waals surface area contributed by atoms with Crippen LogP contribution in [-0.2, 0) is 0 Å². The van der Waals surface area contributed by atoms with Crippen molar-refractivity contribution in [2.24, 2.45) is 0 Å². The molecule has 1 N–H and O–H groups in total. The van der Waals surface area contributed by atoms with E-state index in [-0.39, 0.29) is 10.8 Å². The number of aromatic nitrogens is 2. The maximum atomic E-state index is 12.6. The topological polar surface area (TPSA) is 86.6 Å². The lowest BCUT2D eigenvalue weighted by atomic mass is 10.3. The summed E-state index contributed by atoms with van der Waals surface area (Å²) in [6, 6.07) is 5.04. The molecule has 7 nitrogen and oxygen atoms in total. The summed E-state index contributed by atoms with van der Waals surface area (Å²) in [5.74, 6) is -0.199. The predicted octanol–water partition coefficient (Wildman–Crippen LogP) is 2.41. The van der Waals surface area contributed by atoms with E-state index in [1.54, 1.807) is 28.6 Å². The summed E-state index contributed by atoms with van der Waals surface area (Å²) in [7, 11) is 0. The van der Waals surface area contributed by atoms with E-state index in [2.05, 4.69) is 14.9 Å². The molecular formula is C16H14N4O3S2. The standard InChI is InChI=1S/C16H14N4O3S2/c21-15(11-1-2-12(25-11)16(22)23)20-6-4-19(5-7-20)14-13-10(3-8-24-13)17-9-18-14/h1-3,8-9H,4-7H2,(H,22,23). The molecule has 4 heterocycles. The lowest BCUT2D eigenvalue weighted by molar-refractivity contribution is 0.0701. The number of amides is 1. The third-order valence-electron chi connectivity index (χ3n) is 4.12. The van der Waals surface area contributed by atoms with Crippen LogP contribution in [0, 0.1) is 0 Å². The minimum Gasteiger partial charge on any atom is -0.477 e. The van der Waals surface area contributed by atoms with Gasteiger partial charge in [0, 0.05) is 26.2 Å². The minimum atomic E-state index is -1.00. The number of carboxylic acid groups (broad SMARTS) is 1. The van der Waals surface area contributed by atoms with E-state index >= 15 is 0 Å². The van der Waals surface area contributed by atoms with Crippen LogP contribution in [0.5, 0.6) is 0 Å². The highest BCUT2D eigenvalue weighted by atomic mass is 32.1. The van der Waals surface area contributed by atoms with E-state index in [1.807, 2.05) is 11.4 Å². The number of carbonyl (C=O) groups excluding carboxylic acids is 1. The first-order chi connectivity index (χ1) is 12.1. The van der Waals surface area contributed by atoms with E-state index in [0.29, 0.717) is 31.1 Å². The van der Waals surface area contributed by atoms with Crippen molar-refractivity contribution in [3.63, 3.8) is 0 Å². The second-order valence-electron chi connectivity index (χ2n) is 5.58. The molecule has 1 saturated heterocycles. The minimum absolute atomic E-state index is 0.110. The number of hydrogen-bond donors (Lipinski definition) is 1. The van der Waals surface area contributed by atoms with Gasteiger partial charge in [-0.1, -0.05) is 0 Å². The Kier molecular flexibility index (Phi) is 4.10. The van der Waals surface area contributed by atoms with Crippen molar-refractivity contribution in [1.29, 1.82) is 0 Å². The van der Waals surface area contributed by atoms with E-state index in [9.17, 15) is 9.59 Å². The van der Waals surface area contributed by atoms with Gasteiger partial charge in [-0.25, -0.2) is 14.8 Å². The molecule has 0 saturated carbocycles. The number of hydrogen-bond acceptors (Lipinski definition) is 7. The van der Waals surface area contributed by atoms with Crippen LogP contribution in [0.15, 0.2) is 29.9 Å². The molecule has 0 radical (unpaired) electrons. The number of nitrogens with zero attached hydrogens (tertiary/aromatic N) is 4. The first-order valence-electron chi connectivity index (χ1n) is 7.69. The molecular weight excluding hydrogens is 360 g/mol. The molecule has 0 unspecified atom stereocenters. The van der Waals surface area contributed by atoms with Crippen molar-refractivity contribution in [1.82, 2.24) is 14.9 Å². The SMILES string of the molecule is O=C(O)c1ccc(C(=O)N2CCN(c3ncnc4ccsc34)CC2)s1. The molecule has 0 spiro atoms. The normalized spacial score (nSPS) is 14.9. The lowest BCUT2D eigenvalue weighted by Gasteiger charge is -2.35. The first kappa shape index (κ1) is 16.0. The van der Waals surface area contributed by atoms with Crippen LogP contribution < -0.4 is 4.90 Å². The molecule has 1 aliphatic rings. The zero-order valence-corrected chi connectivity index (χ0v) is 14.7. The molecule has 1 aliphatic heterocycles. The number of fused-ring (bicyclic) bond motifs is 1. The van der Waals surface area contributed by atoms with Crippen molar-refractivity contribution in [2.75, 3.05) is 31.1 Å². The summed E-state index contributed by atoms with van der Waals surface area (Å²) in [6.07, 6.45) is 1.57. The fourth-order valence-electron chi connectivity index (χ4n) is 2.85. The van der Waals surface area contributed by atoms with Gasteiger partial charge in [0.15, 0.2) is 0 Å². The van der Waals surface area contributed by atoms with E-state index in [4.69, 9.17) is 5.11 Å². The Morgan fingerprint density at radius 3 is 2.52 bits per heavy atom. The van der Waals surface area contributed by atoms with Crippen molar-refractivity contribution in [3.05, 3.63) is 39.7 Å². The summed E-state index contributed by atoms with van der Waals surface area (Å²) >= 11 is 2.64. The van der Waals surface area contributed by atoms with E-state index in [1.165, 1.54) is 6.07 Å². The Morgan fingerprint density at radius 2 is 1.80 bits per heavy atom. The van der Waals surface area contributed by atoms with Crippen molar-refractivity contribution in [3.8, 4) is 0 Å². The van der Waals surface area contributed by atoms with Gasteiger partial charge < -0.3 is 14.9 Å². The molecule has 0 aliphatic carbocycles. The summed E-state index contributed by atoms with van der Waals surface area (Å²) in [6.45, 7) is 2.53. The molecule has 4 rings (SSSR count). The Morgan fingerprint density at radius 1 is 1.04 bits per heavy atom. The Labute approximate surface area is 151 Å². The van der Waals surface area contributed by atoms with Crippen molar-refractivity contribution < 1.29 is 14.7 Å². The van der Waals surface area contributed by atoms with Crippen LogP contribution in [0.2, 0.25) is 0 Å². The van der Waals surface area contributed by atoms with Gasteiger partial charge in [-0.05, 0) is 23.6 Å². The summed E-state index contributed by atoms with van der Waals surface area (Å²) in [5.41, 5.74) is 0.938. The molecule has 1 amide bonds. The Bertz CT molecular complexity index is 944. The Balaban J connectivity index is 1.46. The molecule has 3 aromatic rings. The first-order valence-corrected chi connectivity index (χ1v) is 9.38. The maximum absolute atomic E-state index is 12.6. The maximum Gasteiger partial charge on any atom is 0.345 e. The van der Waals surface area contributed by atoms with E-state index < -0.39 is 5.97 Å². The van der Waals surface area contributed by atoms with Crippen molar-refractivity contribution >= 4 is 50.6 Å². The highest BCUT2D eigenvalue weighted by molar-refractivity contribution is 7.17. The molecule has 9 heteroatoms. The number of carboxylic acids is 1. The van der Waals surface area contributed by atoms with Crippen LogP contribution in [-0.4, -0.2) is 58.0 Å². The highest BCUT2D eigenvalue weighted by Gasteiger charge is 2.25. The van der Waals surface area contributed by atoms with Gasteiger partial charge in [0.05, 0.1) is 15.1 Å². The molecule has 0 atom stereocenters. The number of anilines is 1. The smallest absolute Gasteiger partial charge is 0.345 e. The van der Waals surface area contributed by atoms with Crippen LogP contribution in [0.1, 0.15) is 19.3 Å². The summed E-state index contributed by atoms with van der Waals surface area (Å²) < 4.78 is 1.06. The van der Waals surface area contributed by atoms with Gasteiger partial charge in [-0.2, -0.15) is 0 Å². The molecule has 0 aromatic carbocycles. The van der Waals surface area contributed by atoms with Crippen LogP contribution >= 0.6 is 22.7 Å². The molecule has 1 fully saturated rings. The summed E-state index contributed by atoms with van der Waals surface area (Å²) in [4.78, 5) is 36.8. The molecule has 25 heavy (non-hydrogen) atoms. The van der Waals surface area contributed by atoms with Gasteiger partial charge in [-0.15, -0.1) is 22.7 Å². The molecule has 0 bridgehead atoms. The monoisotopic (exact) mass is 374 g/mol. The third-order valence-corrected chi connectivity index (χ3v) is 6.08. The van der Waals surface area contributed by atoms with Gasteiger partial charge in [0.25, 0.3) is 5.91 Å². The number of piperazine rings is 1. The highest BCUT2D eigenvalue weighted by Crippen LogP contribution is 2.28. The fraction of sp³-hybridized carbons (Fsp3) is 0.250. The van der Waals surface area contributed by atoms with Crippen LogP contribution in [0.3, 0.4) is 0 Å². The van der Waals surface area contributed by atoms with Gasteiger partial charge in [-0.3, -0.25) is 4.79 Å². The molecule has 3 aromatic heterocycles. The second kappa shape index (κ2) is 6.41. The zero-order chi connectivity index (χ0) is 17.4. The van der Waals surface area contributed by atoms with Crippen LogP contribution in [0.25, 0.3) is 10.2 Å². The number of thiophene rings is 2. The average Bonchev–Trinajstić information content (AvgIpc) is 3.30. The number of aromatic carboxylic acids is 1. The van der Waals surface area contributed by atoms with Crippen molar-refractivity contribution in [2.45, 2.75) is 0 Å². The Hall–Kier alpha value is -2.52. The quantitative estimate of drug-likeness (QED) is 0.758. The molecule has 128 valence electrons. The second-order valence-corrected chi connectivity index (χ2v) is 7.58. The number of carbonyl (C=O) groups is 2. The lowest BCUT2D eigenvalue weighted by Crippen LogP contribution is -2.48. The van der Waals surface area contributed by atoms with Crippen LogP contribution in [0.4, 0.5) is 5.82 Å². The van der Waals surface area contributed by atoms with Gasteiger partial charge >= 0.3 is 5.97 Å². The third kappa shape index (κ3) is 2.96. The van der Waals surface area contributed by atoms with Gasteiger partial charge in [0.2, 0.25) is 0 Å². The summed E-state index contributed by atoms with van der Waals surface area (Å²) in [5, 5.41) is 11.0.